The van der Waals surface area contributed by atoms with Gasteiger partial charge in [-0.3, -0.25) is 0 Å². The second-order valence-electron chi connectivity index (χ2n) is 6.32. The lowest BCUT2D eigenvalue weighted by molar-refractivity contribution is -0.153. The Hall–Kier alpha value is -1.92. The summed E-state index contributed by atoms with van der Waals surface area (Å²) in [6.07, 6.45) is -3.34. The number of piperidine rings is 1. The molecule has 0 bridgehead atoms. The molecule has 29 heavy (non-hydrogen) atoms. The molecule has 0 radical (unpaired) electrons. The van der Waals surface area contributed by atoms with E-state index in [4.69, 9.17) is 15.2 Å². The van der Waals surface area contributed by atoms with Crippen LogP contribution in [0.1, 0.15) is 25.3 Å². The third-order valence-corrected chi connectivity index (χ3v) is 4.16. The first kappa shape index (κ1) is 25.1. The van der Waals surface area contributed by atoms with Crippen molar-refractivity contribution < 1.29 is 27.4 Å². The van der Waals surface area contributed by atoms with Gasteiger partial charge in [-0.2, -0.15) is 13.2 Å². The number of nitrogens with zero attached hydrogens (tertiary/aromatic N) is 2. The highest BCUT2D eigenvalue weighted by Crippen LogP contribution is 2.22. The molecule has 0 aromatic heterocycles. The minimum absolute atomic E-state index is 0. The number of carbonyl (C=O) groups excluding carboxylic acids is 1. The van der Waals surface area contributed by atoms with Gasteiger partial charge in [0, 0.05) is 24.7 Å². The second kappa shape index (κ2) is 11.9. The molecule has 1 amide bonds. The van der Waals surface area contributed by atoms with Crippen LogP contribution in [0.2, 0.25) is 0 Å². The van der Waals surface area contributed by atoms with Crippen molar-refractivity contribution in [2.24, 2.45) is 10.7 Å². The van der Waals surface area contributed by atoms with E-state index in [1.54, 1.807) is 30.0 Å². The molecule has 3 N–H and O–H groups in total. The van der Waals surface area contributed by atoms with Crippen molar-refractivity contribution in [1.82, 2.24) is 10.2 Å². The number of rotatable bonds is 6. The van der Waals surface area contributed by atoms with Gasteiger partial charge < -0.3 is 25.4 Å². The number of benzene rings is 1. The Balaban J connectivity index is 0.00000420. The summed E-state index contributed by atoms with van der Waals surface area (Å²) in [6.45, 7) is 1.94. The van der Waals surface area contributed by atoms with Crippen molar-refractivity contribution in [2.75, 3.05) is 26.3 Å². The van der Waals surface area contributed by atoms with Crippen LogP contribution in [0.15, 0.2) is 29.3 Å². The smallest absolute Gasteiger partial charge is 0.422 e. The molecule has 11 heteroatoms. The molecule has 7 nitrogen and oxygen atoms in total. The molecular formula is C18H26F3IN4O3. The van der Waals surface area contributed by atoms with Crippen molar-refractivity contribution in [3.05, 3.63) is 29.8 Å². The van der Waals surface area contributed by atoms with Crippen molar-refractivity contribution >= 4 is 36.0 Å². The zero-order chi connectivity index (χ0) is 20.6. The molecule has 164 valence electrons. The highest BCUT2D eigenvalue weighted by molar-refractivity contribution is 14.0. The van der Waals surface area contributed by atoms with Gasteiger partial charge in [0.05, 0.1) is 13.2 Å². The van der Waals surface area contributed by atoms with E-state index < -0.39 is 12.8 Å². The molecule has 0 spiro atoms. The predicted octanol–water partition coefficient (Wildman–Crippen LogP) is 3.27. The predicted molar refractivity (Wildman–Crippen MR) is 113 cm³/mol. The quantitative estimate of drug-likeness (QED) is 0.335. The maximum Gasteiger partial charge on any atom is 0.422 e. The number of nitrogens with one attached hydrogen (secondary N) is 1. The van der Waals surface area contributed by atoms with Crippen molar-refractivity contribution in [1.29, 1.82) is 0 Å². The lowest BCUT2D eigenvalue weighted by Crippen LogP contribution is -2.48. The summed E-state index contributed by atoms with van der Waals surface area (Å²) in [5.41, 5.74) is 6.41. The molecule has 0 atom stereocenters. The number of ether oxygens (including phenoxy) is 2. The van der Waals surface area contributed by atoms with Gasteiger partial charge in [0.2, 0.25) is 0 Å². The maximum absolute atomic E-state index is 12.4. The number of para-hydroxylation sites is 1. The first-order valence-corrected chi connectivity index (χ1v) is 9.04. The normalized spacial score (nSPS) is 15.4. The molecule has 1 aliphatic rings. The topological polar surface area (TPSA) is 89.2 Å². The van der Waals surface area contributed by atoms with Crippen LogP contribution in [0.5, 0.6) is 5.75 Å². The molecule has 1 fully saturated rings. The Morgan fingerprint density at radius 2 is 1.97 bits per heavy atom. The molecule has 1 heterocycles. The summed E-state index contributed by atoms with van der Waals surface area (Å²) in [7, 11) is 0. The summed E-state index contributed by atoms with van der Waals surface area (Å²) in [5, 5.41) is 3.08. The first-order valence-electron chi connectivity index (χ1n) is 9.04. The molecular weight excluding hydrogens is 504 g/mol. The fraction of sp³-hybridized carbons (Fsp3) is 0.556. The minimum atomic E-state index is -4.41. The standard InChI is InChI=1S/C18H25F3N4O3.HI/c1-2-27-17(26)25-9-7-14(8-10-25)24-16(22)23-11-13-5-3-4-6-15(13)28-12-18(19,20)21;/h3-6,14H,2,7-12H2,1H3,(H3,22,23,24);1H. The lowest BCUT2D eigenvalue weighted by atomic mass is 10.1. The fourth-order valence-electron chi connectivity index (χ4n) is 2.78. The largest absolute Gasteiger partial charge is 0.484 e. The Morgan fingerprint density at radius 1 is 1.31 bits per heavy atom. The monoisotopic (exact) mass is 530 g/mol. The van der Waals surface area contributed by atoms with Crippen LogP contribution in [-0.2, 0) is 11.3 Å². The molecule has 1 saturated heterocycles. The van der Waals surface area contributed by atoms with Crippen LogP contribution in [0, 0.1) is 0 Å². The number of alkyl halides is 3. The second-order valence-corrected chi connectivity index (χ2v) is 6.32. The van der Waals surface area contributed by atoms with Gasteiger partial charge in [-0.15, -0.1) is 24.0 Å². The molecule has 1 aromatic rings. The van der Waals surface area contributed by atoms with Crippen LogP contribution in [0.3, 0.4) is 0 Å². The van der Waals surface area contributed by atoms with Gasteiger partial charge >= 0.3 is 12.3 Å². The van der Waals surface area contributed by atoms with E-state index in [0.29, 0.717) is 38.1 Å². The number of amides is 1. The number of hydrogen-bond acceptors (Lipinski definition) is 4. The molecule has 0 aliphatic carbocycles. The molecule has 1 aliphatic heterocycles. The highest BCUT2D eigenvalue weighted by Gasteiger charge is 2.28. The van der Waals surface area contributed by atoms with E-state index in [0.717, 1.165) is 0 Å². The average Bonchev–Trinajstić information content (AvgIpc) is 2.65. The molecule has 2 rings (SSSR count). The number of carbonyl (C=O) groups is 1. The van der Waals surface area contributed by atoms with E-state index in [9.17, 15) is 18.0 Å². The number of likely N-dealkylation sites (tertiary alicyclic amines) is 1. The summed E-state index contributed by atoms with van der Waals surface area (Å²) in [5.74, 6) is 0.319. The molecule has 1 aromatic carbocycles. The maximum atomic E-state index is 12.4. The average molecular weight is 530 g/mol. The van der Waals surface area contributed by atoms with Crippen LogP contribution in [0.25, 0.3) is 0 Å². The zero-order valence-corrected chi connectivity index (χ0v) is 18.4. The summed E-state index contributed by atoms with van der Waals surface area (Å²) in [6, 6.07) is 6.45. The Morgan fingerprint density at radius 3 is 2.59 bits per heavy atom. The van der Waals surface area contributed by atoms with Crippen LogP contribution in [-0.4, -0.2) is 55.5 Å². The highest BCUT2D eigenvalue weighted by atomic mass is 127. The van der Waals surface area contributed by atoms with E-state index >= 15 is 0 Å². The number of guanidine groups is 1. The molecule has 0 unspecified atom stereocenters. The van der Waals surface area contributed by atoms with Crippen LogP contribution < -0.4 is 15.8 Å². The third kappa shape index (κ3) is 8.96. The van der Waals surface area contributed by atoms with Gasteiger partial charge in [0.25, 0.3) is 0 Å². The first-order chi connectivity index (χ1) is 13.3. The van der Waals surface area contributed by atoms with Gasteiger partial charge in [-0.05, 0) is 25.8 Å². The number of nitrogens with two attached hydrogens (primary N) is 1. The van der Waals surface area contributed by atoms with Gasteiger partial charge in [0.15, 0.2) is 12.6 Å². The van der Waals surface area contributed by atoms with Crippen molar-refractivity contribution in [2.45, 2.75) is 38.5 Å². The number of aliphatic imine (C=N–C) groups is 1. The van der Waals surface area contributed by atoms with E-state index in [2.05, 4.69) is 10.3 Å². The number of hydrogen-bond donors (Lipinski definition) is 2. The van der Waals surface area contributed by atoms with Crippen LogP contribution in [0.4, 0.5) is 18.0 Å². The lowest BCUT2D eigenvalue weighted by Gasteiger charge is -2.31. The van der Waals surface area contributed by atoms with E-state index in [-0.39, 0.29) is 54.4 Å². The number of halogens is 4. The summed E-state index contributed by atoms with van der Waals surface area (Å²) >= 11 is 0. The summed E-state index contributed by atoms with van der Waals surface area (Å²) in [4.78, 5) is 17.5. The Labute approximate surface area is 184 Å². The van der Waals surface area contributed by atoms with Gasteiger partial charge in [0.1, 0.15) is 5.75 Å². The van der Waals surface area contributed by atoms with E-state index in [1.807, 2.05) is 0 Å². The van der Waals surface area contributed by atoms with Crippen molar-refractivity contribution in [3.63, 3.8) is 0 Å². The summed E-state index contributed by atoms with van der Waals surface area (Å²) < 4.78 is 46.9. The zero-order valence-electron chi connectivity index (χ0n) is 16.1. The van der Waals surface area contributed by atoms with Gasteiger partial charge in [-0.1, -0.05) is 18.2 Å². The van der Waals surface area contributed by atoms with Crippen LogP contribution >= 0.6 is 24.0 Å². The fourth-order valence-corrected chi connectivity index (χ4v) is 2.78. The van der Waals surface area contributed by atoms with Gasteiger partial charge in [-0.25, -0.2) is 9.79 Å². The molecule has 0 saturated carbocycles. The Bertz CT molecular complexity index is 681. The Kier molecular flexibility index (Phi) is 10.3. The van der Waals surface area contributed by atoms with E-state index in [1.165, 1.54) is 6.07 Å². The van der Waals surface area contributed by atoms with Crippen molar-refractivity contribution in [3.8, 4) is 5.75 Å². The third-order valence-electron chi connectivity index (χ3n) is 4.16. The minimum Gasteiger partial charge on any atom is -0.484 e. The SMILES string of the molecule is CCOC(=O)N1CCC(NC(N)=NCc2ccccc2OCC(F)(F)F)CC1.I.